The molecule has 0 fully saturated rings. The Hall–Kier alpha value is -1.31. The molecule has 1 amide bonds. The van der Waals surface area contributed by atoms with E-state index in [2.05, 4.69) is 38.4 Å². The number of hydrogen-bond acceptors (Lipinski definition) is 5. The molecule has 1 atom stereocenters. The van der Waals surface area contributed by atoms with E-state index in [1.54, 1.807) is 6.92 Å². The molecule has 0 saturated heterocycles. The van der Waals surface area contributed by atoms with Gasteiger partial charge in [0.2, 0.25) is 5.13 Å². The summed E-state index contributed by atoms with van der Waals surface area (Å²) in [6.45, 7) is 3.75. The van der Waals surface area contributed by atoms with Crippen LogP contribution in [-0.4, -0.2) is 16.1 Å². The summed E-state index contributed by atoms with van der Waals surface area (Å²) in [5.41, 5.74) is 5.78. The average Bonchev–Trinajstić information content (AvgIpc) is 2.87. The van der Waals surface area contributed by atoms with Gasteiger partial charge >= 0.3 is 0 Å². The Morgan fingerprint density at radius 1 is 1.38 bits per heavy atom. The number of aromatic nitrogens is 2. The van der Waals surface area contributed by atoms with Crippen LogP contribution in [-0.2, 0) is 16.8 Å². The summed E-state index contributed by atoms with van der Waals surface area (Å²) in [5.74, 6) is -0.302. The molecule has 21 heavy (non-hydrogen) atoms. The highest BCUT2D eigenvalue weighted by molar-refractivity contribution is 9.10. The molecule has 0 bridgehead atoms. The third kappa shape index (κ3) is 3.87. The van der Waals surface area contributed by atoms with Crippen molar-refractivity contribution >= 4 is 38.3 Å². The number of nitrogens with zero attached hydrogens (tertiary/aromatic N) is 2. The molecule has 1 heterocycles. The minimum Gasteiger partial charge on any atom is -0.314 e. The van der Waals surface area contributed by atoms with Crippen LogP contribution in [0.15, 0.2) is 28.7 Å². The summed E-state index contributed by atoms with van der Waals surface area (Å²) in [6, 6.07) is 7.37. The molecule has 2 aromatic rings. The van der Waals surface area contributed by atoms with Gasteiger partial charge in [-0.2, -0.15) is 0 Å². The van der Waals surface area contributed by atoms with Crippen LogP contribution in [0.25, 0.3) is 0 Å². The summed E-state index contributed by atoms with van der Waals surface area (Å²) in [6.07, 6.45) is 1.86. The zero-order valence-electron chi connectivity index (χ0n) is 11.9. The van der Waals surface area contributed by atoms with Gasteiger partial charge in [0.1, 0.15) is 10.5 Å². The lowest BCUT2D eigenvalue weighted by atomic mass is 9.92. The third-order valence-corrected chi connectivity index (χ3v) is 4.49. The van der Waals surface area contributed by atoms with Crippen LogP contribution in [0.2, 0.25) is 0 Å². The lowest BCUT2D eigenvalue weighted by molar-refractivity contribution is -0.120. The highest BCUT2D eigenvalue weighted by Crippen LogP contribution is 2.23. The van der Waals surface area contributed by atoms with E-state index in [-0.39, 0.29) is 5.91 Å². The van der Waals surface area contributed by atoms with Gasteiger partial charge in [0.25, 0.3) is 5.91 Å². The van der Waals surface area contributed by atoms with E-state index in [1.165, 1.54) is 11.3 Å². The quantitative estimate of drug-likeness (QED) is 0.849. The molecule has 1 aromatic carbocycles. The molecule has 5 nitrogen and oxygen atoms in total. The van der Waals surface area contributed by atoms with Crippen molar-refractivity contribution in [2.45, 2.75) is 32.2 Å². The minimum atomic E-state index is -1.13. The molecule has 0 aliphatic heterocycles. The second-order valence-corrected chi connectivity index (χ2v) is 6.89. The van der Waals surface area contributed by atoms with Gasteiger partial charge in [-0.05, 0) is 31.0 Å². The third-order valence-electron chi connectivity index (χ3n) is 3.07. The minimum absolute atomic E-state index is 0.302. The molecule has 3 N–H and O–H groups in total. The van der Waals surface area contributed by atoms with E-state index in [0.717, 1.165) is 27.9 Å². The topological polar surface area (TPSA) is 80.9 Å². The SMILES string of the molecule is CCCc1nnc(NC(=O)C(C)(N)c2ccc(Br)cc2)s1. The van der Waals surface area contributed by atoms with E-state index < -0.39 is 5.54 Å². The predicted octanol–water partition coefficient (Wildman–Crippen LogP) is 3.07. The summed E-state index contributed by atoms with van der Waals surface area (Å²) < 4.78 is 0.941. The van der Waals surface area contributed by atoms with Gasteiger partial charge in [0.05, 0.1) is 0 Å². The lowest BCUT2D eigenvalue weighted by Crippen LogP contribution is -2.45. The summed E-state index contributed by atoms with van der Waals surface area (Å²) in [4.78, 5) is 12.4. The van der Waals surface area contributed by atoms with Gasteiger partial charge in [0, 0.05) is 10.9 Å². The number of nitrogens with two attached hydrogens (primary N) is 1. The maximum atomic E-state index is 12.4. The van der Waals surface area contributed by atoms with Crippen molar-refractivity contribution in [2.24, 2.45) is 5.73 Å². The zero-order chi connectivity index (χ0) is 15.5. The molecule has 7 heteroatoms. The standard InChI is InChI=1S/C14H17BrN4OS/c1-3-4-11-18-19-13(21-11)17-12(20)14(2,16)9-5-7-10(15)8-6-9/h5-8H,3-4,16H2,1-2H3,(H,17,19,20). The van der Waals surface area contributed by atoms with E-state index in [1.807, 2.05) is 24.3 Å². The van der Waals surface area contributed by atoms with E-state index in [0.29, 0.717) is 5.13 Å². The van der Waals surface area contributed by atoms with Crippen LogP contribution in [0.1, 0.15) is 30.8 Å². The zero-order valence-corrected chi connectivity index (χ0v) is 14.3. The Balaban J connectivity index is 2.12. The van der Waals surface area contributed by atoms with Crippen LogP contribution in [0, 0.1) is 0 Å². The number of anilines is 1. The van der Waals surface area contributed by atoms with Gasteiger partial charge in [-0.3, -0.25) is 10.1 Å². The predicted molar refractivity (Wildman–Crippen MR) is 88.2 cm³/mol. The number of rotatable bonds is 5. The van der Waals surface area contributed by atoms with E-state index >= 15 is 0 Å². The highest BCUT2D eigenvalue weighted by Gasteiger charge is 2.31. The van der Waals surface area contributed by atoms with Crippen molar-refractivity contribution in [3.63, 3.8) is 0 Å². The smallest absolute Gasteiger partial charge is 0.250 e. The normalized spacial score (nSPS) is 13.7. The maximum Gasteiger partial charge on any atom is 0.250 e. The molecule has 0 aliphatic rings. The van der Waals surface area contributed by atoms with Gasteiger partial charge in [0.15, 0.2) is 0 Å². The van der Waals surface area contributed by atoms with E-state index in [9.17, 15) is 4.79 Å². The fraction of sp³-hybridized carbons (Fsp3) is 0.357. The molecule has 112 valence electrons. The fourth-order valence-electron chi connectivity index (χ4n) is 1.77. The molecular formula is C14H17BrN4OS. The summed E-state index contributed by atoms with van der Waals surface area (Å²) >= 11 is 4.74. The Bertz CT molecular complexity index is 624. The highest BCUT2D eigenvalue weighted by atomic mass is 79.9. The van der Waals surface area contributed by atoms with Gasteiger partial charge in [-0.15, -0.1) is 10.2 Å². The molecule has 2 rings (SSSR count). The van der Waals surface area contributed by atoms with Gasteiger partial charge in [-0.25, -0.2) is 0 Å². The largest absolute Gasteiger partial charge is 0.314 e. The van der Waals surface area contributed by atoms with Crippen LogP contribution >= 0.6 is 27.3 Å². The van der Waals surface area contributed by atoms with Crippen molar-refractivity contribution in [3.8, 4) is 0 Å². The van der Waals surface area contributed by atoms with Gasteiger partial charge < -0.3 is 5.73 Å². The number of halogens is 1. The van der Waals surface area contributed by atoms with Crippen molar-refractivity contribution in [2.75, 3.05) is 5.32 Å². The van der Waals surface area contributed by atoms with Crippen molar-refractivity contribution < 1.29 is 4.79 Å². The van der Waals surface area contributed by atoms with E-state index in [4.69, 9.17) is 5.73 Å². The van der Waals surface area contributed by atoms with Crippen LogP contribution in [0.4, 0.5) is 5.13 Å². The first kappa shape index (κ1) is 16.1. The van der Waals surface area contributed by atoms with Crippen molar-refractivity contribution in [1.82, 2.24) is 10.2 Å². The number of nitrogens with one attached hydrogen (secondary N) is 1. The van der Waals surface area contributed by atoms with Crippen LogP contribution in [0.3, 0.4) is 0 Å². The Kier molecular flexibility index (Phi) is 5.08. The number of amides is 1. The first-order chi connectivity index (χ1) is 9.93. The maximum absolute atomic E-state index is 12.4. The lowest BCUT2D eigenvalue weighted by Gasteiger charge is -2.23. The first-order valence-corrected chi connectivity index (χ1v) is 8.23. The molecule has 0 saturated carbocycles. The molecule has 1 unspecified atom stereocenters. The van der Waals surface area contributed by atoms with Crippen LogP contribution in [0.5, 0.6) is 0 Å². The molecular weight excluding hydrogens is 352 g/mol. The number of benzene rings is 1. The molecule has 0 aliphatic carbocycles. The second kappa shape index (κ2) is 6.64. The number of hydrogen-bond donors (Lipinski definition) is 2. The number of aryl methyl sites for hydroxylation is 1. The Labute approximate surface area is 136 Å². The Morgan fingerprint density at radius 3 is 2.67 bits per heavy atom. The van der Waals surface area contributed by atoms with Crippen LogP contribution < -0.4 is 11.1 Å². The number of carbonyl (C=O) groups is 1. The molecule has 1 aromatic heterocycles. The van der Waals surface area contributed by atoms with Gasteiger partial charge in [-0.1, -0.05) is 46.3 Å². The fourth-order valence-corrected chi connectivity index (χ4v) is 2.87. The van der Waals surface area contributed by atoms with Crippen molar-refractivity contribution in [1.29, 1.82) is 0 Å². The Morgan fingerprint density at radius 2 is 2.05 bits per heavy atom. The second-order valence-electron chi connectivity index (χ2n) is 4.91. The summed E-state index contributed by atoms with van der Waals surface area (Å²) in [5, 5.41) is 12.1. The average molecular weight is 369 g/mol. The summed E-state index contributed by atoms with van der Waals surface area (Å²) in [7, 11) is 0. The van der Waals surface area contributed by atoms with Crippen molar-refractivity contribution in [3.05, 3.63) is 39.3 Å². The molecule has 0 spiro atoms. The monoisotopic (exact) mass is 368 g/mol. The number of carbonyl (C=O) groups excluding carboxylic acids is 1. The molecule has 0 radical (unpaired) electrons. The first-order valence-electron chi connectivity index (χ1n) is 6.62.